The van der Waals surface area contributed by atoms with Crippen molar-refractivity contribution in [1.29, 1.82) is 0 Å². The van der Waals surface area contributed by atoms with Crippen LogP contribution in [-0.2, 0) is 0 Å². The van der Waals surface area contributed by atoms with Crippen LogP contribution in [0.2, 0.25) is 0 Å². The van der Waals surface area contributed by atoms with Crippen LogP contribution in [0, 0.1) is 11.6 Å². The van der Waals surface area contributed by atoms with Gasteiger partial charge >= 0.3 is 0 Å². The first kappa shape index (κ1) is 15.2. The predicted octanol–water partition coefficient (Wildman–Crippen LogP) is 4.04. The van der Waals surface area contributed by atoms with E-state index in [-0.39, 0.29) is 16.9 Å². The van der Waals surface area contributed by atoms with Gasteiger partial charge in [0.05, 0.1) is 0 Å². The molecule has 0 bridgehead atoms. The third-order valence-electron chi connectivity index (χ3n) is 3.72. The maximum absolute atomic E-state index is 13.7. The highest BCUT2D eigenvalue weighted by Gasteiger charge is 2.39. The van der Waals surface area contributed by atoms with Gasteiger partial charge in [0, 0.05) is 11.6 Å². The Kier molecular flexibility index (Phi) is 4.33. The monoisotopic (exact) mass is 283 g/mol. The number of hydrogen-bond acceptors (Lipinski definition) is 2. The molecule has 1 aliphatic carbocycles. The fourth-order valence-electron chi connectivity index (χ4n) is 2.43. The number of nitrogens with one attached hydrogen (secondary N) is 1. The molecule has 0 heterocycles. The van der Waals surface area contributed by atoms with E-state index >= 15 is 0 Å². The lowest BCUT2D eigenvalue weighted by Crippen LogP contribution is -2.47. The Balaban J connectivity index is 1.99. The Bertz CT molecular complexity index is 464. The first-order chi connectivity index (χ1) is 9.30. The van der Waals surface area contributed by atoms with E-state index in [1.165, 1.54) is 0 Å². The molecule has 0 radical (unpaired) electrons. The molecule has 4 heteroatoms. The second-order valence-corrected chi connectivity index (χ2v) is 6.64. The molecule has 2 nitrogen and oxygen atoms in total. The van der Waals surface area contributed by atoms with Crippen LogP contribution in [0.15, 0.2) is 18.2 Å². The first-order valence-corrected chi connectivity index (χ1v) is 7.19. The van der Waals surface area contributed by atoms with Crippen molar-refractivity contribution >= 4 is 0 Å². The minimum Gasteiger partial charge on any atom is -0.484 e. The summed E-state index contributed by atoms with van der Waals surface area (Å²) in [4.78, 5) is 0. The molecule has 2 rings (SSSR count). The number of ether oxygens (including phenoxy) is 1. The van der Waals surface area contributed by atoms with Gasteiger partial charge in [-0.1, -0.05) is 0 Å². The lowest BCUT2D eigenvalue weighted by atomic mass is 9.77. The maximum Gasteiger partial charge on any atom is 0.165 e. The van der Waals surface area contributed by atoms with Crippen molar-refractivity contribution in [3.8, 4) is 5.75 Å². The highest BCUT2D eigenvalue weighted by molar-refractivity contribution is 5.26. The van der Waals surface area contributed by atoms with Crippen molar-refractivity contribution in [2.45, 2.75) is 57.6 Å². The minimum absolute atomic E-state index is 0.0282. The lowest BCUT2D eigenvalue weighted by molar-refractivity contribution is -0.0183. The van der Waals surface area contributed by atoms with E-state index in [4.69, 9.17) is 4.74 Å². The normalized spacial score (nSPS) is 17.6. The standard InChI is InChI=1S/C16H23F2NO/c1-15(2,3)19-10-9-16(7-4-8-16)20-14-11-12(17)5-6-13(14)18/h5-6,11,19H,4,7-10H2,1-3H3. The van der Waals surface area contributed by atoms with Crippen LogP contribution >= 0.6 is 0 Å². The van der Waals surface area contributed by atoms with Gasteiger partial charge in [-0.3, -0.25) is 0 Å². The van der Waals surface area contributed by atoms with Crippen molar-refractivity contribution < 1.29 is 13.5 Å². The largest absolute Gasteiger partial charge is 0.484 e. The molecule has 0 spiro atoms. The molecule has 1 aromatic carbocycles. The van der Waals surface area contributed by atoms with Crippen molar-refractivity contribution in [2.75, 3.05) is 6.54 Å². The summed E-state index contributed by atoms with van der Waals surface area (Å²) in [7, 11) is 0. The SMILES string of the molecule is CC(C)(C)NCCC1(Oc2cc(F)ccc2F)CCC1. The maximum atomic E-state index is 13.7. The summed E-state index contributed by atoms with van der Waals surface area (Å²) in [5.41, 5.74) is -0.290. The molecular weight excluding hydrogens is 260 g/mol. The molecule has 20 heavy (non-hydrogen) atoms. The van der Waals surface area contributed by atoms with Crippen LogP contribution < -0.4 is 10.1 Å². The van der Waals surface area contributed by atoms with Crippen LogP contribution in [-0.4, -0.2) is 17.7 Å². The minimum atomic E-state index is -0.499. The topological polar surface area (TPSA) is 21.3 Å². The molecule has 0 aliphatic heterocycles. The number of hydrogen-bond donors (Lipinski definition) is 1. The molecule has 0 amide bonds. The van der Waals surface area contributed by atoms with Gasteiger partial charge in [-0.2, -0.15) is 0 Å². The summed E-state index contributed by atoms with van der Waals surface area (Å²) >= 11 is 0. The predicted molar refractivity (Wildman–Crippen MR) is 75.9 cm³/mol. The zero-order valence-corrected chi connectivity index (χ0v) is 12.4. The van der Waals surface area contributed by atoms with Gasteiger partial charge in [-0.15, -0.1) is 0 Å². The zero-order valence-electron chi connectivity index (χ0n) is 12.4. The summed E-state index contributed by atoms with van der Waals surface area (Å²) in [6.45, 7) is 7.12. The van der Waals surface area contributed by atoms with Crippen molar-refractivity contribution in [3.63, 3.8) is 0 Å². The van der Waals surface area contributed by atoms with Crippen molar-refractivity contribution in [1.82, 2.24) is 5.32 Å². The van der Waals surface area contributed by atoms with Crippen LogP contribution in [0.3, 0.4) is 0 Å². The van der Waals surface area contributed by atoms with Crippen LogP contribution in [0.25, 0.3) is 0 Å². The molecule has 1 N–H and O–H groups in total. The third-order valence-corrected chi connectivity index (χ3v) is 3.72. The quantitative estimate of drug-likeness (QED) is 0.880. The molecule has 1 aromatic rings. The Hall–Kier alpha value is -1.16. The van der Waals surface area contributed by atoms with Crippen LogP contribution in [0.5, 0.6) is 5.75 Å². The third kappa shape index (κ3) is 3.92. The zero-order chi connectivity index (χ0) is 14.8. The molecule has 1 fully saturated rings. The number of rotatable bonds is 5. The molecule has 112 valence electrons. The Labute approximate surface area is 119 Å². The van der Waals surface area contributed by atoms with E-state index in [0.717, 1.165) is 50.4 Å². The molecule has 0 saturated heterocycles. The summed E-state index contributed by atoms with van der Waals surface area (Å²) in [6, 6.07) is 3.35. The summed E-state index contributed by atoms with van der Waals surface area (Å²) in [5.74, 6) is -0.939. The molecule has 0 aromatic heterocycles. The second kappa shape index (κ2) is 5.68. The summed E-state index contributed by atoms with van der Waals surface area (Å²) in [6.07, 6.45) is 3.68. The molecular formula is C16H23F2NO. The van der Waals surface area contributed by atoms with Gasteiger partial charge in [-0.05, 0) is 65.1 Å². The van der Waals surface area contributed by atoms with Crippen molar-refractivity contribution in [3.05, 3.63) is 29.8 Å². The first-order valence-electron chi connectivity index (χ1n) is 7.19. The van der Waals surface area contributed by atoms with Crippen molar-refractivity contribution in [2.24, 2.45) is 0 Å². The fourth-order valence-corrected chi connectivity index (χ4v) is 2.43. The van der Waals surface area contributed by atoms with Crippen LogP contribution in [0.4, 0.5) is 8.78 Å². The molecule has 1 aliphatic rings. The van der Waals surface area contributed by atoms with E-state index < -0.39 is 11.6 Å². The molecule has 0 atom stereocenters. The Morgan fingerprint density at radius 2 is 1.95 bits per heavy atom. The fraction of sp³-hybridized carbons (Fsp3) is 0.625. The highest BCUT2D eigenvalue weighted by Crippen LogP contribution is 2.40. The van der Waals surface area contributed by atoms with Crippen LogP contribution in [0.1, 0.15) is 46.5 Å². The second-order valence-electron chi connectivity index (χ2n) is 6.64. The van der Waals surface area contributed by atoms with Gasteiger partial charge < -0.3 is 10.1 Å². The average molecular weight is 283 g/mol. The average Bonchev–Trinajstić information content (AvgIpc) is 2.28. The van der Waals surface area contributed by atoms with Gasteiger partial charge in [-0.25, -0.2) is 8.78 Å². The van der Waals surface area contributed by atoms with Gasteiger partial charge in [0.15, 0.2) is 11.6 Å². The smallest absolute Gasteiger partial charge is 0.165 e. The highest BCUT2D eigenvalue weighted by atomic mass is 19.1. The van der Waals surface area contributed by atoms with E-state index in [0.29, 0.717) is 0 Å². The van der Waals surface area contributed by atoms with E-state index in [2.05, 4.69) is 26.1 Å². The lowest BCUT2D eigenvalue weighted by Gasteiger charge is -2.42. The molecule has 1 saturated carbocycles. The van der Waals surface area contributed by atoms with Gasteiger partial charge in [0.2, 0.25) is 0 Å². The van der Waals surface area contributed by atoms with Gasteiger partial charge in [0.25, 0.3) is 0 Å². The molecule has 0 unspecified atom stereocenters. The van der Waals surface area contributed by atoms with Gasteiger partial charge in [0.1, 0.15) is 11.4 Å². The number of benzene rings is 1. The van der Waals surface area contributed by atoms with E-state index in [1.807, 2.05) is 0 Å². The summed E-state index contributed by atoms with van der Waals surface area (Å²) < 4.78 is 32.7. The Morgan fingerprint density at radius 1 is 1.25 bits per heavy atom. The number of halogens is 2. The van der Waals surface area contributed by atoms with E-state index in [9.17, 15) is 8.78 Å². The van der Waals surface area contributed by atoms with E-state index in [1.54, 1.807) is 0 Å². The summed E-state index contributed by atoms with van der Waals surface area (Å²) in [5, 5.41) is 3.41. The Morgan fingerprint density at radius 3 is 2.50 bits per heavy atom.